The number of hydrogen-bond acceptors (Lipinski definition) is 2. The van der Waals surface area contributed by atoms with Crippen LogP contribution in [0.2, 0.25) is 0 Å². The lowest BCUT2D eigenvalue weighted by molar-refractivity contribution is 0.414. The minimum Gasteiger partial charge on any atom is -0.497 e. The summed E-state index contributed by atoms with van der Waals surface area (Å²) in [6, 6.07) is 8.09. The summed E-state index contributed by atoms with van der Waals surface area (Å²) in [6.07, 6.45) is 1.04. The lowest BCUT2D eigenvalue weighted by Gasteiger charge is -2.23. The van der Waals surface area contributed by atoms with E-state index in [2.05, 4.69) is 43.2 Å². The van der Waals surface area contributed by atoms with E-state index in [1.54, 1.807) is 7.11 Å². The smallest absolute Gasteiger partial charge is 0.188 e. The minimum absolute atomic E-state index is 0. The molecule has 0 aromatic heterocycles. The number of guanidine groups is 1. The van der Waals surface area contributed by atoms with Gasteiger partial charge in [0.15, 0.2) is 5.96 Å². The molecule has 1 aromatic rings. The highest BCUT2D eigenvalue weighted by molar-refractivity contribution is 14.0. The topological polar surface area (TPSA) is 59.6 Å². The lowest BCUT2D eigenvalue weighted by atomic mass is 9.85. The fourth-order valence-electron chi connectivity index (χ4n) is 1.73. The number of rotatable bonds is 6. The zero-order valence-corrected chi connectivity index (χ0v) is 15.1. The van der Waals surface area contributed by atoms with E-state index in [9.17, 15) is 0 Å². The molecule has 3 N–H and O–H groups in total. The van der Waals surface area contributed by atoms with E-state index in [-0.39, 0.29) is 29.4 Å². The van der Waals surface area contributed by atoms with Gasteiger partial charge in [-0.05, 0) is 24.1 Å². The largest absolute Gasteiger partial charge is 0.497 e. The first-order valence-electron chi connectivity index (χ1n) is 6.68. The van der Waals surface area contributed by atoms with Crippen LogP contribution in [-0.4, -0.2) is 26.2 Å². The van der Waals surface area contributed by atoms with Gasteiger partial charge in [-0.25, -0.2) is 0 Å². The van der Waals surface area contributed by atoms with Gasteiger partial charge in [-0.2, -0.15) is 0 Å². The molecule has 0 heterocycles. The van der Waals surface area contributed by atoms with E-state index in [1.165, 1.54) is 5.56 Å². The van der Waals surface area contributed by atoms with E-state index in [0.29, 0.717) is 12.5 Å². The molecule has 4 nitrogen and oxygen atoms in total. The highest BCUT2D eigenvalue weighted by atomic mass is 127. The summed E-state index contributed by atoms with van der Waals surface area (Å²) in [5, 5.41) is 3.08. The molecule has 1 aromatic carbocycles. The number of ether oxygens (including phenoxy) is 1. The Morgan fingerprint density at radius 1 is 1.30 bits per heavy atom. The SMILES string of the molecule is CCCNC(N)=NCC(C)(C)c1ccc(OC)cc1.I. The van der Waals surface area contributed by atoms with Crippen LogP contribution in [0.5, 0.6) is 5.75 Å². The number of nitrogens with two attached hydrogens (primary N) is 1. The Morgan fingerprint density at radius 3 is 2.40 bits per heavy atom. The molecule has 20 heavy (non-hydrogen) atoms. The van der Waals surface area contributed by atoms with Gasteiger partial charge in [0.2, 0.25) is 0 Å². The van der Waals surface area contributed by atoms with Crippen molar-refractivity contribution in [2.75, 3.05) is 20.2 Å². The van der Waals surface area contributed by atoms with E-state index in [0.717, 1.165) is 18.7 Å². The number of methoxy groups -OCH3 is 1. The Morgan fingerprint density at radius 2 is 1.90 bits per heavy atom. The van der Waals surface area contributed by atoms with E-state index in [1.807, 2.05) is 12.1 Å². The molecule has 0 radical (unpaired) electrons. The molecule has 0 spiro atoms. The van der Waals surface area contributed by atoms with Gasteiger partial charge in [0.05, 0.1) is 13.7 Å². The second-order valence-corrected chi connectivity index (χ2v) is 5.24. The fourth-order valence-corrected chi connectivity index (χ4v) is 1.73. The molecule has 0 bridgehead atoms. The standard InChI is InChI=1S/C15H25N3O.HI/c1-5-10-17-14(16)18-11-15(2,3)12-6-8-13(19-4)9-7-12;/h6-9H,5,10-11H2,1-4H3,(H3,16,17,18);1H. The molecule has 0 atom stereocenters. The third kappa shape index (κ3) is 5.98. The first kappa shape index (κ1) is 19.0. The Labute approximate surface area is 139 Å². The van der Waals surface area contributed by atoms with Gasteiger partial charge in [-0.15, -0.1) is 24.0 Å². The van der Waals surface area contributed by atoms with Crippen molar-refractivity contribution in [3.05, 3.63) is 29.8 Å². The summed E-state index contributed by atoms with van der Waals surface area (Å²) in [6.45, 7) is 7.93. The normalized spacial score (nSPS) is 11.7. The maximum Gasteiger partial charge on any atom is 0.188 e. The van der Waals surface area contributed by atoms with Gasteiger partial charge in [0, 0.05) is 12.0 Å². The van der Waals surface area contributed by atoms with Gasteiger partial charge in [0.25, 0.3) is 0 Å². The van der Waals surface area contributed by atoms with Crippen LogP contribution in [0.1, 0.15) is 32.8 Å². The van der Waals surface area contributed by atoms with Crippen LogP contribution in [0.3, 0.4) is 0 Å². The maximum atomic E-state index is 5.81. The molecule has 1 rings (SSSR count). The summed E-state index contributed by atoms with van der Waals surface area (Å²) in [4.78, 5) is 4.40. The van der Waals surface area contributed by atoms with Crippen molar-refractivity contribution in [2.45, 2.75) is 32.6 Å². The van der Waals surface area contributed by atoms with Crippen LogP contribution in [-0.2, 0) is 5.41 Å². The third-order valence-electron chi connectivity index (χ3n) is 3.07. The average Bonchev–Trinajstić information content (AvgIpc) is 2.43. The van der Waals surface area contributed by atoms with E-state index < -0.39 is 0 Å². The van der Waals surface area contributed by atoms with Crippen LogP contribution in [0.4, 0.5) is 0 Å². The van der Waals surface area contributed by atoms with Crippen LogP contribution in [0.25, 0.3) is 0 Å². The number of benzene rings is 1. The van der Waals surface area contributed by atoms with Crippen LogP contribution >= 0.6 is 24.0 Å². The molecule has 0 aliphatic rings. The zero-order chi connectivity index (χ0) is 14.3. The molecule has 0 saturated carbocycles. The number of nitrogens with zero attached hydrogens (tertiary/aromatic N) is 1. The summed E-state index contributed by atoms with van der Waals surface area (Å²) < 4.78 is 5.17. The molecule has 0 amide bonds. The zero-order valence-electron chi connectivity index (χ0n) is 12.8. The van der Waals surface area contributed by atoms with Gasteiger partial charge in [-0.1, -0.05) is 32.9 Å². The Kier molecular flexibility index (Phi) is 8.60. The fraction of sp³-hybridized carbons (Fsp3) is 0.533. The molecule has 0 saturated heterocycles. The molecular weight excluding hydrogens is 365 g/mol. The van der Waals surface area contributed by atoms with Crippen molar-refractivity contribution >= 4 is 29.9 Å². The monoisotopic (exact) mass is 391 g/mol. The van der Waals surface area contributed by atoms with Crippen molar-refractivity contribution < 1.29 is 4.74 Å². The third-order valence-corrected chi connectivity index (χ3v) is 3.07. The molecule has 0 fully saturated rings. The molecule has 0 aliphatic heterocycles. The quantitative estimate of drug-likeness (QED) is 0.446. The Bertz CT molecular complexity index is 416. The number of nitrogens with one attached hydrogen (secondary N) is 1. The predicted molar refractivity (Wildman–Crippen MR) is 96.2 cm³/mol. The summed E-state index contributed by atoms with van der Waals surface area (Å²) in [5.41, 5.74) is 6.98. The predicted octanol–water partition coefficient (Wildman–Crippen LogP) is 2.91. The van der Waals surface area contributed by atoms with Crippen molar-refractivity contribution in [3.63, 3.8) is 0 Å². The van der Waals surface area contributed by atoms with Gasteiger partial charge < -0.3 is 15.8 Å². The first-order valence-corrected chi connectivity index (χ1v) is 6.68. The van der Waals surface area contributed by atoms with Gasteiger partial charge in [0.1, 0.15) is 5.75 Å². The van der Waals surface area contributed by atoms with Crippen molar-refractivity contribution in [1.29, 1.82) is 0 Å². The summed E-state index contributed by atoms with van der Waals surface area (Å²) in [7, 11) is 1.67. The van der Waals surface area contributed by atoms with Gasteiger partial charge in [-0.3, -0.25) is 4.99 Å². The van der Waals surface area contributed by atoms with E-state index in [4.69, 9.17) is 10.5 Å². The second kappa shape index (κ2) is 9.05. The first-order chi connectivity index (χ1) is 8.99. The average molecular weight is 391 g/mol. The number of halogens is 1. The highest BCUT2D eigenvalue weighted by Crippen LogP contribution is 2.25. The van der Waals surface area contributed by atoms with Crippen LogP contribution in [0.15, 0.2) is 29.3 Å². The minimum atomic E-state index is -0.0508. The molecule has 114 valence electrons. The molecule has 5 heteroatoms. The lowest BCUT2D eigenvalue weighted by Crippen LogP contribution is -2.34. The van der Waals surface area contributed by atoms with Crippen molar-refractivity contribution in [3.8, 4) is 5.75 Å². The molecule has 0 aliphatic carbocycles. The number of aliphatic imine (C=N–C) groups is 1. The maximum absolute atomic E-state index is 5.81. The Hall–Kier alpha value is -0.980. The highest BCUT2D eigenvalue weighted by Gasteiger charge is 2.20. The summed E-state index contributed by atoms with van der Waals surface area (Å²) >= 11 is 0. The van der Waals surface area contributed by atoms with Crippen molar-refractivity contribution in [1.82, 2.24) is 5.32 Å². The van der Waals surface area contributed by atoms with Crippen molar-refractivity contribution in [2.24, 2.45) is 10.7 Å². The van der Waals surface area contributed by atoms with Gasteiger partial charge >= 0.3 is 0 Å². The van der Waals surface area contributed by atoms with Crippen LogP contribution in [0, 0.1) is 0 Å². The van der Waals surface area contributed by atoms with Crippen LogP contribution < -0.4 is 15.8 Å². The number of hydrogen-bond donors (Lipinski definition) is 2. The summed E-state index contributed by atoms with van der Waals surface area (Å²) in [5.74, 6) is 1.38. The molecular formula is C15H26IN3O. The Balaban J connectivity index is 0.00000361. The van der Waals surface area contributed by atoms with E-state index >= 15 is 0 Å². The molecule has 0 unspecified atom stereocenters. The second-order valence-electron chi connectivity index (χ2n) is 5.24.